The molecule has 9 aromatic rings. The first kappa shape index (κ1) is 67.3. The second-order valence-corrected chi connectivity index (χ2v) is 28.6. The van der Waals surface area contributed by atoms with Crippen molar-refractivity contribution in [1.82, 2.24) is 90.6 Å². The van der Waals surface area contributed by atoms with Gasteiger partial charge in [-0.2, -0.15) is 51.8 Å². The first-order valence-electron chi connectivity index (χ1n) is 34.4. The molecule has 3 saturated heterocycles. The molecule has 6 N–H and O–H groups in total. The maximum absolute atomic E-state index is 13.8. The van der Waals surface area contributed by atoms with Gasteiger partial charge in [-0.25, -0.2) is 37.5 Å². The zero-order valence-corrected chi connectivity index (χ0v) is 55.9. The van der Waals surface area contributed by atoms with Crippen molar-refractivity contribution in [2.45, 2.75) is 135 Å². The van der Waals surface area contributed by atoms with E-state index in [9.17, 15) is 58.3 Å². The molecule has 0 aromatic carbocycles. The lowest BCUT2D eigenvalue weighted by Crippen LogP contribution is -2.28. The van der Waals surface area contributed by atoms with Crippen molar-refractivity contribution >= 4 is 35.2 Å². The van der Waals surface area contributed by atoms with Gasteiger partial charge in [-0.1, -0.05) is 12.1 Å². The molecule has 18 rings (SSSR count). The Bertz CT molecular complexity index is 4530. The Hall–Kier alpha value is -10.2. The molecule has 6 unspecified atom stereocenters. The van der Waals surface area contributed by atoms with Gasteiger partial charge in [0.15, 0.2) is 5.69 Å². The number of alkyl halides is 10. The molecule has 3 saturated carbocycles. The second-order valence-electron chi connectivity index (χ2n) is 28.6. The molecule has 9 atom stereocenters. The van der Waals surface area contributed by atoms with Crippen LogP contribution in [0.25, 0.3) is 0 Å². The number of nitrogens with zero attached hydrogens (tertiary/aromatic N) is 15. The van der Waals surface area contributed by atoms with E-state index in [1.165, 1.54) is 77.8 Å². The summed E-state index contributed by atoms with van der Waals surface area (Å²) in [6.07, 6.45) is 5.05. The van der Waals surface area contributed by atoms with Gasteiger partial charge in [-0.15, -0.1) is 0 Å². The number of fused-ring (bicyclic) bond motifs is 6. The smallest absolute Gasteiger partial charge is 0.356 e. The van der Waals surface area contributed by atoms with Crippen LogP contribution in [0, 0.1) is 56.3 Å². The number of aryl methyl sites for hydroxylation is 3. The minimum atomic E-state index is -4.58. The molecule has 9 aromatic heterocycles. The molecule has 3 aliphatic heterocycles. The number of H-pyrrole nitrogens is 3. The fourth-order valence-corrected chi connectivity index (χ4v) is 15.8. The van der Waals surface area contributed by atoms with Crippen LogP contribution in [0.1, 0.15) is 172 Å². The van der Waals surface area contributed by atoms with E-state index in [0.29, 0.717) is 35.3 Å². The van der Waals surface area contributed by atoms with E-state index < -0.39 is 53.5 Å². The van der Waals surface area contributed by atoms with Gasteiger partial charge < -0.3 is 35.2 Å². The summed E-state index contributed by atoms with van der Waals surface area (Å²) in [6, 6.07) is 6.78. The van der Waals surface area contributed by atoms with Crippen molar-refractivity contribution in [3.8, 4) is 0 Å². The number of pyridine rings is 3. The van der Waals surface area contributed by atoms with Crippen LogP contribution in [-0.4, -0.2) is 138 Å². The number of carbonyl (C=O) groups is 3. The lowest BCUT2D eigenvalue weighted by Gasteiger charge is -2.22. The highest BCUT2D eigenvalue weighted by atomic mass is 19.4. The third-order valence-corrected chi connectivity index (χ3v) is 21.8. The summed E-state index contributed by atoms with van der Waals surface area (Å²) in [5.74, 6) is -1.72. The fraction of sp³-hybridized carbons (Fsp3) is 0.478. The van der Waals surface area contributed by atoms with E-state index in [1.54, 1.807) is 21.6 Å². The maximum atomic E-state index is 13.8. The Kier molecular flexibility index (Phi) is 16.8. The molecule has 12 heterocycles. The summed E-state index contributed by atoms with van der Waals surface area (Å²) in [6.45, 7) is 8.94. The molecular formula is C69H71F10N21O3. The highest BCUT2D eigenvalue weighted by molar-refractivity contribution is 5.95. The third-order valence-electron chi connectivity index (χ3n) is 21.8. The zero-order chi connectivity index (χ0) is 71.7. The average molecular weight is 1430 g/mol. The number of nitrogens with one attached hydrogen (secondary N) is 6. The van der Waals surface area contributed by atoms with Crippen LogP contribution in [-0.2, 0) is 51.2 Å². The lowest BCUT2D eigenvalue weighted by atomic mass is 10.1. The quantitative estimate of drug-likeness (QED) is 0.0491. The number of aromatic amines is 3. The molecule has 6 aliphatic carbocycles. The van der Waals surface area contributed by atoms with Gasteiger partial charge in [0, 0.05) is 92.3 Å². The number of aromatic nitrogens is 15. The van der Waals surface area contributed by atoms with Crippen LogP contribution >= 0.6 is 0 Å². The molecule has 24 nitrogen and oxygen atoms in total. The monoisotopic (exact) mass is 1430 g/mol. The Labute approximate surface area is 581 Å². The lowest BCUT2D eigenvalue weighted by molar-refractivity contribution is -0.142. The Morgan fingerprint density at radius 1 is 0.553 bits per heavy atom. The third kappa shape index (κ3) is 13.3. The molecule has 0 radical (unpaired) electrons. The molecule has 103 heavy (non-hydrogen) atoms. The van der Waals surface area contributed by atoms with E-state index in [-0.39, 0.29) is 108 Å². The predicted molar refractivity (Wildman–Crippen MR) is 349 cm³/mol. The van der Waals surface area contributed by atoms with Gasteiger partial charge in [0.1, 0.15) is 28.8 Å². The number of halogens is 10. The van der Waals surface area contributed by atoms with Crippen LogP contribution in [0.2, 0.25) is 0 Å². The number of piperidine rings is 3. The number of hydrogen-bond acceptors (Lipinski definition) is 15. The van der Waals surface area contributed by atoms with E-state index in [2.05, 4.69) is 76.7 Å². The molecule has 3 amide bonds. The Morgan fingerprint density at radius 3 is 1.51 bits per heavy atom. The minimum absolute atomic E-state index is 0.0168. The van der Waals surface area contributed by atoms with Crippen molar-refractivity contribution in [2.24, 2.45) is 35.5 Å². The minimum Gasteiger partial charge on any atom is -0.356 e. The molecule has 9 aliphatic rings. The predicted octanol–water partition coefficient (Wildman–Crippen LogP) is 9.91. The van der Waals surface area contributed by atoms with Crippen LogP contribution in [0.3, 0.4) is 0 Å². The maximum Gasteiger partial charge on any atom is 0.433 e. The van der Waals surface area contributed by atoms with Crippen LogP contribution in [0.5, 0.6) is 0 Å². The van der Waals surface area contributed by atoms with Gasteiger partial charge in [0.2, 0.25) is 0 Å². The summed E-state index contributed by atoms with van der Waals surface area (Å²) in [5.41, 5.74) is 7.93. The number of rotatable bonds is 16. The van der Waals surface area contributed by atoms with Gasteiger partial charge in [0.05, 0.1) is 102 Å². The summed E-state index contributed by atoms with van der Waals surface area (Å²) in [7, 11) is 0. The molecule has 6 fully saturated rings. The van der Waals surface area contributed by atoms with Crippen molar-refractivity contribution in [1.29, 1.82) is 0 Å². The number of amides is 3. The SMILES string of the molecule is Cc1[nH]nc2c1CC[C@H]2NC(=O)c1cn(Cc2ccc(N3CC4C(C3)C4(F)F)nc2C(F)F)cn1.Cc1[nH]nc2c1CC[C@H]2NC(=O)c1cnn(Cc2ccc(N3CC4CC4C3)nc2C(F)(F)F)c1.Cc1[nH]nc2c1CC[C@H]2NC(=O)c1cnn(Cc2cnc(N3CC4CC4C3)cc2C(F)(F)F)c1. The number of hydrogen-bond donors (Lipinski definition) is 6. The topological polar surface area (TPSA) is 275 Å². The van der Waals surface area contributed by atoms with Gasteiger partial charge >= 0.3 is 12.4 Å². The van der Waals surface area contributed by atoms with E-state index in [4.69, 9.17) is 0 Å². The molecule has 34 heteroatoms. The molecule has 0 spiro atoms. The van der Waals surface area contributed by atoms with Gasteiger partial charge in [-0.05, 0) is 136 Å². The van der Waals surface area contributed by atoms with Crippen molar-refractivity contribution < 1.29 is 58.3 Å². The number of anilines is 3. The van der Waals surface area contributed by atoms with Crippen molar-refractivity contribution in [3.05, 3.63) is 175 Å². The van der Waals surface area contributed by atoms with E-state index in [1.807, 2.05) is 30.6 Å². The summed E-state index contributed by atoms with van der Waals surface area (Å²) >= 11 is 0. The van der Waals surface area contributed by atoms with Crippen molar-refractivity contribution in [3.63, 3.8) is 0 Å². The second kappa shape index (κ2) is 25.7. The highest BCUT2D eigenvalue weighted by Crippen LogP contribution is 2.60. The first-order chi connectivity index (χ1) is 49.2. The molecule has 540 valence electrons. The number of carbonyl (C=O) groups excluding carboxylic acids is 3. The normalized spacial score (nSPS) is 23.5. The average Bonchev–Trinajstić information content (AvgIpc) is 1.55. The standard InChI is InChI=1S/C23H23F4N7O.2C23H24F3N7O/c1-11-13-3-4-16(20(13)32-31-11)29-22(35)17-9-33(10-28-17)6-12-2-5-18(30-19(12)21(24)25)34-7-14-15(8-34)23(14,26)27;1-12-17-3-4-18(20(17)31-30-12)28-22(34)16-7-27-33(11-16)10-13-2-5-19(29-21(13)23(24,25)26)32-8-14-6-15(14)9-32;1-12-17-2-3-19(21(17)31-30-12)29-22(34)16-7-28-33(11-16)10-15-6-27-20(5-18(15)23(24,25)26)32-8-13-4-14(13)9-32/h2,5,9-10,14-16,21H,3-4,6-8H2,1H3,(H,29,35)(H,31,32);2,5,7,11,14-15,18H,3-4,6,8-10H2,1H3,(H,28,34)(H,30,31);5-7,11,13-14,19H,2-4,8-10H2,1H3,(H,29,34)(H,30,31)/t14?,15?,16-;14?,15?,18-;13?,14?,19-/m111/s1. The molecule has 0 bridgehead atoms. The zero-order valence-electron chi connectivity index (χ0n) is 55.9. The Balaban J connectivity index is 0.000000119. The highest BCUT2D eigenvalue weighted by Gasteiger charge is 2.72. The summed E-state index contributed by atoms with van der Waals surface area (Å²) < 4.78 is 142. The van der Waals surface area contributed by atoms with Crippen LogP contribution < -0.4 is 30.7 Å². The largest absolute Gasteiger partial charge is 0.433 e. The summed E-state index contributed by atoms with van der Waals surface area (Å²) in [4.78, 5) is 60.2. The van der Waals surface area contributed by atoms with Crippen LogP contribution in [0.15, 0.2) is 73.8 Å². The fourth-order valence-electron chi connectivity index (χ4n) is 15.8. The van der Waals surface area contributed by atoms with E-state index in [0.717, 1.165) is 122 Å². The van der Waals surface area contributed by atoms with Crippen molar-refractivity contribution in [2.75, 3.05) is 54.0 Å². The summed E-state index contributed by atoms with van der Waals surface area (Å²) in [5, 5.41) is 38.7. The van der Waals surface area contributed by atoms with Gasteiger partial charge in [0.25, 0.3) is 30.1 Å². The Morgan fingerprint density at radius 2 is 1.02 bits per heavy atom. The van der Waals surface area contributed by atoms with Gasteiger partial charge in [-0.3, -0.25) is 39.0 Å². The molecular weight excluding hydrogens is 1360 g/mol. The number of imidazole rings is 1. The van der Waals surface area contributed by atoms with E-state index >= 15 is 0 Å². The van der Waals surface area contributed by atoms with Crippen LogP contribution in [0.4, 0.5) is 61.4 Å². The first-order valence-corrected chi connectivity index (χ1v) is 34.4.